The molecular weight excluding hydrogens is 661 g/mol. The summed E-state index contributed by atoms with van der Waals surface area (Å²) in [5, 5.41) is 14.0. The second-order valence-electron chi connectivity index (χ2n) is 13.6. The Morgan fingerprint density at radius 1 is 0.370 bits per heavy atom. The molecule has 7 aromatic carbocycles. The van der Waals surface area contributed by atoms with Crippen LogP contribution in [0, 0.1) is 0 Å². The molecule has 252 valence electrons. The Morgan fingerprint density at radius 2 is 0.907 bits per heavy atom. The molecule has 0 fully saturated rings. The molecule has 0 unspecified atom stereocenters. The number of hydrogen-bond donors (Lipinski definition) is 0. The second kappa shape index (κ2) is 12.1. The van der Waals surface area contributed by atoms with Gasteiger partial charge < -0.3 is 4.57 Å². The van der Waals surface area contributed by atoms with Gasteiger partial charge in [0.1, 0.15) is 11.0 Å². The van der Waals surface area contributed by atoms with Crippen molar-refractivity contribution in [3.63, 3.8) is 0 Å². The highest BCUT2D eigenvalue weighted by atomic mass is 15.2. The van der Waals surface area contributed by atoms with Gasteiger partial charge in [-0.2, -0.15) is 5.10 Å². The minimum atomic E-state index is 0.643. The van der Waals surface area contributed by atoms with Crippen molar-refractivity contribution in [2.24, 2.45) is 0 Å². The zero-order valence-electron chi connectivity index (χ0n) is 29.0. The van der Waals surface area contributed by atoms with Crippen LogP contribution in [0.4, 0.5) is 0 Å². The smallest absolute Gasteiger partial charge is 0.188 e. The average molecular weight is 691 g/mol. The van der Waals surface area contributed by atoms with E-state index >= 15 is 0 Å². The highest BCUT2D eigenvalue weighted by Crippen LogP contribution is 2.39. The summed E-state index contributed by atoms with van der Waals surface area (Å²) in [5.41, 5.74) is 12.8. The van der Waals surface area contributed by atoms with Crippen LogP contribution in [0.5, 0.6) is 0 Å². The van der Waals surface area contributed by atoms with Gasteiger partial charge in [0, 0.05) is 38.4 Å². The van der Waals surface area contributed by atoms with Gasteiger partial charge in [-0.25, -0.2) is 9.97 Å². The van der Waals surface area contributed by atoms with Crippen molar-refractivity contribution in [1.82, 2.24) is 29.3 Å². The topological polar surface area (TPSA) is 61.4 Å². The summed E-state index contributed by atoms with van der Waals surface area (Å²) in [6.07, 6.45) is 1.71. The lowest BCUT2D eigenvalue weighted by Gasteiger charge is -2.13. The SMILES string of the molecule is c1ccc(-c2nc3cnnc(-n4c5ccccc5c5cc(-c6ccc7c8ccccc8n(-c8ccccc8)c7c6)ccc54)c3nc2-c2ccccc2)cc1. The minimum Gasteiger partial charge on any atom is -0.309 e. The van der Waals surface area contributed by atoms with Crippen molar-refractivity contribution in [2.75, 3.05) is 0 Å². The molecule has 0 saturated heterocycles. The Bertz CT molecular complexity index is 3200. The van der Waals surface area contributed by atoms with Gasteiger partial charge in [0.05, 0.1) is 39.7 Å². The first-order valence-electron chi connectivity index (χ1n) is 18.1. The fraction of sp³-hybridized carbons (Fsp3) is 0. The lowest BCUT2D eigenvalue weighted by molar-refractivity contribution is 0.961. The molecule has 0 N–H and O–H groups in total. The van der Waals surface area contributed by atoms with Crippen LogP contribution in [0.3, 0.4) is 0 Å². The van der Waals surface area contributed by atoms with Crippen molar-refractivity contribution in [2.45, 2.75) is 0 Å². The fourth-order valence-electron chi connectivity index (χ4n) is 8.02. The molecule has 0 aliphatic rings. The first-order valence-corrected chi connectivity index (χ1v) is 18.1. The van der Waals surface area contributed by atoms with E-state index in [4.69, 9.17) is 15.1 Å². The molecule has 0 saturated carbocycles. The zero-order valence-corrected chi connectivity index (χ0v) is 29.0. The quantitative estimate of drug-likeness (QED) is 0.180. The van der Waals surface area contributed by atoms with E-state index in [9.17, 15) is 0 Å². The van der Waals surface area contributed by atoms with Crippen LogP contribution >= 0.6 is 0 Å². The van der Waals surface area contributed by atoms with E-state index in [0.717, 1.165) is 61.1 Å². The summed E-state index contributed by atoms with van der Waals surface area (Å²) in [6, 6.07) is 61.7. The third kappa shape index (κ3) is 4.67. The number of rotatable bonds is 5. The van der Waals surface area contributed by atoms with Crippen LogP contribution in [0.25, 0.3) is 99.8 Å². The van der Waals surface area contributed by atoms with Crippen molar-refractivity contribution in [3.05, 3.63) is 182 Å². The van der Waals surface area contributed by atoms with Crippen LogP contribution in [0.15, 0.2) is 182 Å². The molecule has 0 aliphatic carbocycles. The van der Waals surface area contributed by atoms with Crippen LogP contribution in [0.1, 0.15) is 0 Å². The first kappa shape index (κ1) is 30.2. The molecule has 11 rings (SSSR count). The molecule has 0 atom stereocenters. The predicted molar refractivity (Wildman–Crippen MR) is 220 cm³/mol. The minimum absolute atomic E-state index is 0.643. The van der Waals surface area contributed by atoms with E-state index in [1.807, 2.05) is 36.4 Å². The summed E-state index contributed by atoms with van der Waals surface area (Å²) in [5.74, 6) is 0.643. The molecule has 0 bridgehead atoms. The number of aromatic nitrogens is 6. The molecule has 6 nitrogen and oxygen atoms in total. The van der Waals surface area contributed by atoms with Gasteiger partial charge in [-0.05, 0) is 53.6 Å². The van der Waals surface area contributed by atoms with Gasteiger partial charge in [-0.1, -0.05) is 133 Å². The maximum atomic E-state index is 5.35. The van der Waals surface area contributed by atoms with E-state index in [1.54, 1.807) is 6.20 Å². The highest BCUT2D eigenvalue weighted by Gasteiger charge is 2.21. The normalized spacial score (nSPS) is 11.7. The predicted octanol–water partition coefficient (Wildman–Crippen LogP) is 11.6. The standard InChI is InChI=1S/C48H30N6/c1-4-14-31(15-5-1)45-46(32-16-6-2-7-17-32)51-47-40(50-45)30-49-52-48(47)54-42-23-13-11-21-37(42)39-28-33(25-27-43(39)54)34-24-26-38-36-20-10-12-22-41(36)53(44(38)29-34)35-18-8-3-9-19-35/h1-30H. The Hall–Kier alpha value is -7.44. The highest BCUT2D eigenvalue weighted by molar-refractivity contribution is 6.13. The number of benzene rings is 7. The van der Waals surface area contributed by atoms with Crippen LogP contribution in [-0.4, -0.2) is 29.3 Å². The van der Waals surface area contributed by atoms with Crippen LogP contribution in [0.2, 0.25) is 0 Å². The molecule has 0 amide bonds. The van der Waals surface area contributed by atoms with Crippen molar-refractivity contribution in [3.8, 4) is 45.1 Å². The Balaban J connectivity index is 1.13. The monoisotopic (exact) mass is 690 g/mol. The first-order chi connectivity index (χ1) is 26.8. The largest absolute Gasteiger partial charge is 0.309 e. The van der Waals surface area contributed by atoms with Gasteiger partial charge in [0.2, 0.25) is 0 Å². The summed E-state index contributed by atoms with van der Waals surface area (Å²) < 4.78 is 4.55. The maximum absolute atomic E-state index is 5.35. The van der Waals surface area contributed by atoms with Crippen molar-refractivity contribution in [1.29, 1.82) is 0 Å². The van der Waals surface area contributed by atoms with Gasteiger partial charge in [0.25, 0.3) is 0 Å². The maximum Gasteiger partial charge on any atom is 0.188 e. The third-order valence-corrected chi connectivity index (χ3v) is 10.5. The second-order valence-corrected chi connectivity index (χ2v) is 13.6. The lowest BCUT2D eigenvalue weighted by Crippen LogP contribution is -2.04. The Labute approximate surface area is 310 Å². The van der Waals surface area contributed by atoms with Crippen LogP contribution < -0.4 is 0 Å². The molecular formula is C48H30N6. The summed E-state index contributed by atoms with van der Waals surface area (Å²) in [7, 11) is 0. The van der Waals surface area contributed by atoms with E-state index in [2.05, 4.69) is 154 Å². The molecule has 54 heavy (non-hydrogen) atoms. The summed E-state index contributed by atoms with van der Waals surface area (Å²) >= 11 is 0. The molecule has 4 heterocycles. The Morgan fingerprint density at radius 3 is 1.63 bits per heavy atom. The number of nitrogens with zero attached hydrogens (tertiary/aromatic N) is 6. The Kier molecular flexibility index (Phi) is 6.75. The molecule has 6 heteroatoms. The fourth-order valence-corrected chi connectivity index (χ4v) is 8.02. The van der Waals surface area contributed by atoms with Gasteiger partial charge in [0.15, 0.2) is 5.82 Å². The zero-order chi connectivity index (χ0) is 35.6. The van der Waals surface area contributed by atoms with Gasteiger partial charge >= 0.3 is 0 Å². The van der Waals surface area contributed by atoms with Crippen molar-refractivity contribution >= 4 is 54.6 Å². The molecule has 0 spiro atoms. The third-order valence-electron chi connectivity index (χ3n) is 10.5. The van der Waals surface area contributed by atoms with Crippen molar-refractivity contribution < 1.29 is 0 Å². The summed E-state index contributed by atoms with van der Waals surface area (Å²) in [6.45, 7) is 0. The van der Waals surface area contributed by atoms with E-state index < -0.39 is 0 Å². The summed E-state index contributed by atoms with van der Waals surface area (Å²) in [4.78, 5) is 10.5. The molecule has 11 aromatic rings. The lowest BCUT2D eigenvalue weighted by atomic mass is 10.0. The number of para-hydroxylation sites is 3. The van der Waals surface area contributed by atoms with Crippen LogP contribution in [-0.2, 0) is 0 Å². The molecule has 0 aliphatic heterocycles. The van der Waals surface area contributed by atoms with Gasteiger partial charge in [-0.3, -0.25) is 4.57 Å². The van der Waals surface area contributed by atoms with E-state index in [0.29, 0.717) is 16.9 Å². The van der Waals surface area contributed by atoms with E-state index in [1.165, 1.54) is 21.8 Å². The molecule has 4 aromatic heterocycles. The van der Waals surface area contributed by atoms with Gasteiger partial charge in [-0.15, -0.1) is 5.10 Å². The number of fused-ring (bicyclic) bond motifs is 7. The van der Waals surface area contributed by atoms with E-state index in [-0.39, 0.29) is 0 Å². The molecule has 0 radical (unpaired) electrons. The average Bonchev–Trinajstić information content (AvgIpc) is 3.76. The number of hydrogen-bond acceptors (Lipinski definition) is 4.